The molecule has 3 unspecified atom stereocenters. The highest BCUT2D eigenvalue weighted by Gasteiger charge is 2.49. The van der Waals surface area contributed by atoms with Crippen LogP contribution in [0, 0.1) is 23.2 Å². The van der Waals surface area contributed by atoms with Crippen LogP contribution in [0.5, 0.6) is 5.75 Å². The van der Waals surface area contributed by atoms with Crippen molar-refractivity contribution in [2.24, 2.45) is 11.8 Å². The molecule has 1 aromatic carbocycles. The van der Waals surface area contributed by atoms with Crippen molar-refractivity contribution in [2.75, 3.05) is 13.7 Å². The van der Waals surface area contributed by atoms with Crippen molar-refractivity contribution in [2.45, 2.75) is 49.9 Å². The maximum absolute atomic E-state index is 10.4. The maximum atomic E-state index is 10.4. The van der Waals surface area contributed by atoms with Gasteiger partial charge in [0.2, 0.25) is 0 Å². The number of nitriles is 1. The predicted octanol–water partition coefficient (Wildman–Crippen LogP) is 2.58. The van der Waals surface area contributed by atoms with Crippen LogP contribution >= 0.6 is 0 Å². The molecule has 2 fully saturated rings. The van der Waals surface area contributed by atoms with E-state index < -0.39 is 11.7 Å². The van der Waals surface area contributed by atoms with E-state index in [0.717, 1.165) is 24.2 Å². The number of rotatable bonds is 6. The number of benzene rings is 1. The first-order chi connectivity index (χ1) is 11.6. The average Bonchev–Trinajstić information content (AvgIpc) is 3.07. The molecule has 5 atom stereocenters. The summed E-state index contributed by atoms with van der Waals surface area (Å²) in [6, 6.07) is 9.69. The van der Waals surface area contributed by atoms with Gasteiger partial charge in [-0.2, -0.15) is 5.26 Å². The van der Waals surface area contributed by atoms with E-state index >= 15 is 0 Å². The number of aliphatic hydroxyl groups is 2. The highest BCUT2D eigenvalue weighted by molar-refractivity contribution is 5.35. The summed E-state index contributed by atoms with van der Waals surface area (Å²) < 4.78 is 11.5. The van der Waals surface area contributed by atoms with Crippen LogP contribution in [-0.2, 0) is 4.74 Å². The molecule has 5 heteroatoms. The molecule has 0 aliphatic heterocycles. The number of para-hydroxylation sites is 1. The fraction of sp³-hybridized carbons (Fsp3) is 0.632. The monoisotopic (exact) mass is 331 g/mol. The number of aliphatic hydroxyl groups excluding tert-OH is 1. The molecule has 24 heavy (non-hydrogen) atoms. The molecule has 0 heterocycles. The first-order valence-electron chi connectivity index (χ1n) is 8.57. The average molecular weight is 331 g/mol. The minimum absolute atomic E-state index is 0.0775. The second-order valence-electron chi connectivity index (χ2n) is 7.13. The Hall–Kier alpha value is -1.61. The molecule has 0 bridgehead atoms. The van der Waals surface area contributed by atoms with Crippen LogP contribution in [0.25, 0.3) is 0 Å². The predicted molar refractivity (Wildman–Crippen MR) is 88.3 cm³/mol. The molecule has 0 radical (unpaired) electrons. The van der Waals surface area contributed by atoms with Gasteiger partial charge in [0.05, 0.1) is 37.9 Å². The number of fused-ring (bicyclic) bond motifs is 1. The zero-order valence-electron chi connectivity index (χ0n) is 14.0. The Morgan fingerprint density at radius 1 is 1.29 bits per heavy atom. The van der Waals surface area contributed by atoms with Crippen molar-refractivity contribution >= 4 is 0 Å². The fourth-order valence-electron chi connectivity index (χ4n) is 4.50. The van der Waals surface area contributed by atoms with Gasteiger partial charge in [-0.15, -0.1) is 0 Å². The van der Waals surface area contributed by atoms with E-state index in [9.17, 15) is 10.2 Å². The van der Waals surface area contributed by atoms with Crippen LogP contribution in [0.2, 0.25) is 0 Å². The third-order valence-corrected chi connectivity index (χ3v) is 5.50. The zero-order valence-corrected chi connectivity index (χ0v) is 14.0. The summed E-state index contributed by atoms with van der Waals surface area (Å²) in [6.07, 6.45) is 3.02. The summed E-state index contributed by atoms with van der Waals surface area (Å²) in [5.74, 6) is 1.54. The summed E-state index contributed by atoms with van der Waals surface area (Å²) in [5, 5.41) is 29.1. The Labute approximate surface area is 142 Å². The van der Waals surface area contributed by atoms with Gasteiger partial charge in [0.15, 0.2) is 0 Å². The number of hydrogen-bond donors (Lipinski definition) is 2. The SMILES string of the molecule is COc1ccccc1C(CO)OC1C[C@@H]2CC(O)(CC#N)C[C@@H]2C1. The molecular formula is C19H25NO4. The van der Waals surface area contributed by atoms with Gasteiger partial charge in [-0.25, -0.2) is 0 Å². The molecular weight excluding hydrogens is 306 g/mol. The van der Waals surface area contributed by atoms with E-state index in [-0.39, 0.29) is 19.1 Å². The second-order valence-corrected chi connectivity index (χ2v) is 7.13. The molecule has 0 spiro atoms. The van der Waals surface area contributed by atoms with Gasteiger partial charge in [0.25, 0.3) is 0 Å². The van der Waals surface area contributed by atoms with Crippen LogP contribution in [0.3, 0.4) is 0 Å². The molecule has 0 aromatic heterocycles. The third-order valence-electron chi connectivity index (χ3n) is 5.50. The first kappa shape index (κ1) is 17.2. The second kappa shape index (κ2) is 7.10. The Kier molecular flexibility index (Phi) is 5.09. The molecule has 1 aromatic rings. The standard InChI is InChI=1S/C19H25NO4/c1-23-17-5-3-2-4-16(17)18(12-21)24-15-8-13-10-19(22,6-7-20)11-14(13)9-15/h2-5,13-15,18,21-22H,6,8-12H2,1H3/t13-,14+,15?,18?,19?. The topological polar surface area (TPSA) is 82.7 Å². The van der Waals surface area contributed by atoms with Gasteiger partial charge >= 0.3 is 0 Å². The van der Waals surface area contributed by atoms with E-state index in [4.69, 9.17) is 14.7 Å². The molecule has 2 aliphatic carbocycles. The largest absolute Gasteiger partial charge is 0.496 e. The molecule has 130 valence electrons. The Morgan fingerprint density at radius 3 is 2.54 bits per heavy atom. The lowest BCUT2D eigenvalue weighted by Gasteiger charge is -2.25. The molecule has 0 amide bonds. The van der Waals surface area contributed by atoms with E-state index in [1.807, 2.05) is 24.3 Å². The molecule has 2 aliphatic rings. The van der Waals surface area contributed by atoms with Crippen molar-refractivity contribution in [1.29, 1.82) is 5.26 Å². The van der Waals surface area contributed by atoms with Crippen molar-refractivity contribution in [3.8, 4) is 11.8 Å². The van der Waals surface area contributed by atoms with Crippen LogP contribution in [0.4, 0.5) is 0 Å². The van der Waals surface area contributed by atoms with E-state index in [2.05, 4.69) is 6.07 Å². The van der Waals surface area contributed by atoms with Crippen LogP contribution in [-0.4, -0.2) is 35.6 Å². The lowest BCUT2D eigenvalue weighted by molar-refractivity contribution is -0.0466. The minimum Gasteiger partial charge on any atom is -0.496 e. The van der Waals surface area contributed by atoms with Crippen LogP contribution in [0.15, 0.2) is 24.3 Å². The Morgan fingerprint density at radius 2 is 1.96 bits per heavy atom. The highest BCUT2D eigenvalue weighted by Crippen LogP contribution is 2.51. The maximum Gasteiger partial charge on any atom is 0.124 e. The normalized spacial score (nSPS) is 33.0. The molecule has 5 nitrogen and oxygen atoms in total. The summed E-state index contributed by atoms with van der Waals surface area (Å²) in [5.41, 5.74) is 0.0502. The van der Waals surface area contributed by atoms with Crippen molar-refractivity contribution in [3.05, 3.63) is 29.8 Å². The van der Waals surface area contributed by atoms with Crippen molar-refractivity contribution in [3.63, 3.8) is 0 Å². The van der Waals surface area contributed by atoms with E-state index in [0.29, 0.717) is 24.7 Å². The van der Waals surface area contributed by atoms with Gasteiger partial charge in [0.1, 0.15) is 11.9 Å². The number of ether oxygens (including phenoxy) is 2. The van der Waals surface area contributed by atoms with Crippen LogP contribution in [0.1, 0.15) is 43.8 Å². The van der Waals surface area contributed by atoms with Gasteiger partial charge in [-0.3, -0.25) is 0 Å². The summed E-state index contributed by atoms with van der Waals surface area (Å²) in [6.45, 7) is -0.0927. The van der Waals surface area contributed by atoms with Gasteiger partial charge in [-0.1, -0.05) is 18.2 Å². The molecule has 2 saturated carbocycles. The van der Waals surface area contributed by atoms with Gasteiger partial charge in [-0.05, 0) is 43.6 Å². The molecule has 2 N–H and O–H groups in total. The van der Waals surface area contributed by atoms with Crippen molar-refractivity contribution < 1.29 is 19.7 Å². The fourth-order valence-corrected chi connectivity index (χ4v) is 4.50. The van der Waals surface area contributed by atoms with E-state index in [1.54, 1.807) is 7.11 Å². The quantitative estimate of drug-likeness (QED) is 0.837. The third kappa shape index (κ3) is 3.41. The Balaban J connectivity index is 1.63. The minimum atomic E-state index is -0.811. The van der Waals surface area contributed by atoms with E-state index in [1.165, 1.54) is 0 Å². The Bertz CT molecular complexity index is 598. The highest BCUT2D eigenvalue weighted by atomic mass is 16.5. The van der Waals surface area contributed by atoms with Gasteiger partial charge < -0.3 is 19.7 Å². The lowest BCUT2D eigenvalue weighted by Crippen LogP contribution is -2.26. The zero-order chi connectivity index (χ0) is 17.2. The molecule has 3 rings (SSSR count). The lowest BCUT2D eigenvalue weighted by atomic mass is 9.94. The first-order valence-corrected chi connectivity index (χ1v) is 8.57. The summed E-state index contributed by atoms with van der Waals surface area (Å²) in [7, 11) is 1.61. The summed E-state index contributed by atoms with van der Waals surface area (Å²) >= 11 is 0. The van der Waals surface area contributed by atoms with Crippen LogP contribution < -0.4 is 4.74 Å². The van der Waals surface area contributed by atoms with Crippen molar-refractivity contribution in [1.82, 2.24) is 0 Å². The number of hydrogen-bond acceptors (Lipinski definition) is 5. The number of methoxy groups -OCH3 is 1. The summed E-state index contributed by atoms with van der Waals surface area (Å²) in [4.78, 5) is 0. The smallest absolute Gasteiger partial charge is 0.124 e. The number of nitrogens with zero attached hydrogens (tertiary/aromatic N) is 1. The molecule has 0 saturated heterocycles. The van der Waals surface area contributed by atoms with Gasteiger partial charge in [0, 0.05) is 5.56 Å².